The number of carbonyl (C=O) groups excluding carboxylic acids is 2. The van der Waals surface area contributed by atoms with Crippen molar-refractivity contribution in [3.8, 4) is 0 Å². The normalized spacial score (nSPS) is 22.8. The Kier molecular flexibility index (Phi) is 4.61. The number of hydrogen-bond acceptors (Lipinski definition) is 7. The number of esters is 2. The third-order valence-electron chi connectivity index (χ3n) is 5.25. The summed E-state index contributed by atoms with van der Waals surface area (Å²) in [6.07, 6.45) is 1.34. The maximum absolute atomic E-state index is 13.1. The SMILES string of the molecule is CCCN1c2ccc([N+](=O)[O-])cc2CC2(C(=O)OC(C)(C)OC2=O)[C@H]1CC. The molecule has 2 aliphatic heterocycles. The largest absolute Gasteiger partial charge is 0.422 e. The van der Waals surface area contributed by atoms with Crippen LogP contribution in [0, 0.1) is 15.5 Å². The van der Waals surface area contributed by atoms with Crippen LogP contribution in [0.5, 0.6) is 0 Å². The van der Waals surface area contributed by atoms with E-state index >= 15 is 0 Å². The predicted molar refractivity (Wildman–Crippen MR) is 97.2 cm³/mol. The molecule has 1 spiro atoms. The van der Waals surface area contributed by atoms with E-state index in [1.54, 1.807) is 6.07 Å². The minimum atomic E-state index is -1.53. The zero-order chi connectivity index (χ0) is 20.0. The third kappa shape index (κ3) is 2.93. The van der Waals surface area contributed by atoms with Gasteiger partial charge in [0, 0.05) is 44.6 Å². The van der Waals surface area contributed by atoms with Gasteiger partial charge in [0.25, 0.3) is 11.5 Å². The van der Waals surface area contributed by atoms with Crippen molar-refractivity contribution in [2.45, 2.75) is 58.8 Å². The monoisotopic (exact) mass is 376 g/mol. The van der Waals surface area contributed by atoms with Crippen LogP contribution in [0.1, 0.15) is 46.1 Å². The second-order valence-electron chi connectivity index (χ2n) is 7.51. The van der Waals surface area contributed by atoms with Gasteiger partial charge in [-0.25, -0.2) is 0 Å². The van der Waals surface area contributed by atoms with E-state index in [1.165, 1.54) is 26.0 Å². The fourth-order valence-electron chi connectivity index (χ4n) is 4.19. The average molecular weight is 376 g/mol. The molecule has 0 bridgehead atoms. The number of nitro benzene ring substituents is 1. The van der Waals surface area contributed by atoms with Crippen molar-refractivity contribution in [2.75, 3.05) is 11.4 Å². The molecule has 0 radical (unpaired) electrons. The maximum atomic E-state index is 13.1. The number of ether oxygens (including phenoxy) is 2. The molecule has 1 aromatic carbocycles. The molecule has 1 atom stereocenters. The molecule has 0 aliphatic carbocycles. The fraction of sp³-hybridized carbons (Fsp3) is 0.579. The maximum Gasteiger partial charge on any atom is 0.329 e. The number of benzene rings is 1. The van der Waals surface area contributed by atoms with Gasteiger partial charge in [-0.2, -0.15) is 0 Å². The molecule has 1 fully saturated rings. The van der Waals surface area contributed by atoms with Crippen LogP contribution in [0.4, 0.5) is 11.4 Å². The molecule has 3 rings (SSSR count). The fourth-order valence-corrected chi connectivity index (χ4v) is 4.19. The first-order valence-corrected chi connectivity index (χ1v) is 9.17. The number of carbonyl (C=O) groups is 2. The number of rotatable bonds is 4. The number of nitrogens with zero attached hydrogens (tertiary/aromatic N) is 2. The van der Waals surface area contributed by atoms with Crippen LogP contribution in [0.3, 0.4) is 0 Å². The summed E-state index contributed by atoms with van der Waals surface area (Å²) >= 11 is 0. The lowest BCUT2D eigenvalue weighted by Gasteiger charge is -2.51. The molecule has 1 aromatic rings. The molecule has 8 heteroatoms. The number of fused-ring (bicyclic) bond motifs is 1. The lowest BCUT2D eigenvalue weighted by Crippen LogP contribution is -2.66. The summed E-state index contributed by atoms with van der Waals surface area (Å²) in [4.78, 5) is 38.8. The highest BCUT2D eigenvalue weighted by atomic mass is 16.7. The lowest BCUT2D eigenvalue weighted by atomic mass is 9.69. The number of non-ortho nitro benzene ring substituents is 1. The van der Waals surface area contributed by atoms with Crippen LogP contribution >= 0.6 is 0 Å². The molecular weight excluding hydrogens is 352 g/mol. The first-order valence-electron chi connectivity index (χ1n) is 9.17. The van der Waals surface area contributed by atoms with Crippen LogP contribution in [-0.2, 0) is 25.5 Å². The minimum Gasteiger partial charge on any atom is -0.422 e. The van der Waals surface area contributed by atoms with Crippen molar-refractivity contribution in [1.29, 1.82) is 0 Å². The molecule has 0 unspecified atom stereocenters. The number of hydrogen-bond donors (Lipinski definition) is 0. The van der Waals surface area contributed by atoms with Gasteiger partial charge >= 0.3 is 11.9 Å². The number of cyclic esters (lactones) is 2. The minimum absolute atomic E-state index is 0.0243. The predicted octanol–water partition coefficient (Wildman–Crippen LogP) is 2.97. The Morgan fingerprint density at radius 1 is 1.22 bits per heavy atom. The van der Waals surface area contributed by atoms with E-state index < -0.39 is 34.1 Å². The lowest BCUT2D eigenvalue weighted by molar-refractivity contribution is -0.384. The summed E-state index contributed by atoms with van der Waals surface area (Å²) in [5.41, 5.74) is -0.212. The van der Waals surface area contributed by atoms with E-state index in [1.807, 2.05) is 18.7 Å². The Labute approximate surface area is 157 Å². The summed E-state index contributed by atoms with van der Waals surface area (Å²) < 4.78 is 10.9. The van der Waals surface area contributed by atoms with Crippen LogP contribution in [0.2, 0.25) is 0 Å². The van der Waals surface area contributed by atoms with Gasteiger partial charge in [0.05, 0.1) is 11.0 Å². The van der Waals surface area contributed by atoms with Crippen molar-refractivity contribution in [3.63, 3.8) is 0 Å². The highest BCUT2D eigenvalue weighted by molar-refractivity contribution is 6.04. The van der Waals surface area contributed by atoms with Gasteiger partial charge in [-0.15, -0.1) is 0 Å². The highest BCUT2D eigenvalue weighted by Crippen LogP contribution is 2.48. The molecule has 0 aromatic heterocycles. The van der Waals surface area contributed by atoms with E-state index in [0.717, 1.165) is 12.1 Å². The van der Waals surface area contributed by atoms with Gasteiger partial charge in [-0.1, -0.05) is 13.8 Å². The first kappa shape index (κ1) is 19.1. The van der Waals surface area contributed by atoms with Crippen molar-refractivity contribution < 1.29 is 24.0 Å². The van der Waals surface area contributed by atoms with E-state index in [4.69, 9.17) is 9.47 Å². The van der Waals surface area contributed by atoms with Crippen molar-refractivity contribution in [1.82, 2.24) is 0 Å². The van der Waals surface area contributed by atoms with Crippen LogP contribution in [0.15, 0.2) is 18.2 Å². The Morgan fingerprint density at radius 3 is 2.37 bits per heavy atom. The van der Waals surface area contributed by atoms with Gasteiger partial charge in [0.15, 0.2) is 5.41 Å². The van der Waals surface area contributed by atoms with Crippen LogP contribution in [-0.4, -0.2) is 35.2 Å². The zero-order valence-corrected chi connectivity index (χ0v) is 16.0. The zero-order valence-electron chi connectivity index (χ0n) is 16.0. The summed E-state index contributed by atoms with van der Waals surface area (Å²) in [6, 6.07) is 4.14. The Balaban J connectivity index is 2.18. The Bertz CT molecular complexity index is 783. The van der Waals surface area contributed by atoms with Crippen LogP contribution in [0.25, 0.3) is 0 Å². The molecule has 0 amide bonds. The molecule has 146 valence electrons. The highest BCUT2D eigenvalue weighted by Gasteiger charge is 2.63. The molecule has 2 heterocycles. The van der Waals surface area contributed by atoms with Gasteiger partial charge in [0.1, 0.15) is 0 Å². The summed E-state index contributed by atoms with van der Waals surface area (Å²) in [7, 11) is 0. The summed E-state index contributed by atoms with van der Waals surface area (Å²) in [6.45, 7) is 7.55. The number of anilines is 1. The molecule has 0 N–H and O–H groups in total. The quantitative estimate of drug-likeness (QED) is 0.345. The Morgan fingerprint density at radius 2 is 1.85 bits per heavy atom. The first-order chi connectivity index (χ1) is 12.7. The average Bonchev–Trinajstić information content (AvgIpc) is 2.58. The second kappa shape index (κ2) is 6.51. The summed E-state index contributed by atoms with van der Waals surface area (Å²) in [5, 5.41) is 11.2. The van der Waals surface area contributed by atoms with Gasteiger partial charge in [0.2, 0.25) is 0 Å². The van der Waals surface area contributed by atoms with Gasteiger partial charge < -0.3 is 14.4 Å². The van der Waals surface area contributed by atoms with Gasteiger partial charge in [-0.05, 0) is 24.5 Å². The molecule has 0 saturated carbocycles. The Hall–Kier alpha value is -2.64. The van der Waals surface area contributed by atoms with Crippen molar-refractivity contribution in [2.24, 2.45) is 5.41 Å². The topological polar surface area (TPSA) is 99.0 Å². The van der Waals surface area contributed by atoms with E-state index in [-0.39, 0.29) is 12.1 Å². The van der Waals surface area contributed by atoms with Gasteiger partial charge in [-0.3, -0.25) is 19.7 Å². The molecule has 27 heavy (non-hydrogen) atoms. The van der Waals surface area contributed by atoms with E-state index in [9.17, 15) is 19.7 Å². The second-order valence-corrected chi connectivity index (χ2v) is 7.51. The molecular formula is C19H24N2O6. The summed E-state index contributed by atoms with van der Waals surface area (Å²) in [5.74, 6) is -2.58. The standard InChI is InChI=1S/C19H24N2O6/c1-5-9-20-14-8-7-13(21(24)25)10-12(14)11-19(15(20)6-2)16(22)26-18(3,4)27-17(19)23/h7-8,10,15H,5-6,9,11H2,1-4H3/t15-/m1/s1. The molecule has 2 aliphatic rings. The third-order valence-corrected chi connectivity index (χ3v) is 5.25. The molecule has 8 nitrogen and oxygen atoms in total. The van der Waals surface area contributed by atoms with E-state index in [0.29, 0.717) is 18.5 Å². The van der Waals surface area contributed by atoms with Crippen molar-refractivity contribution in [3.05, 3.63) is 33.9 Å². The number of nitro groups is 1. The molecule has 1 saturated heterocycles. The van der Waals surface area contributed by atoms with Crippen LogP contribution < -0.4 is 4.90 Å². The van der Waals surface area contributed by atoms with Crippen molar-refractivity contribution >= 4 is 23.3 Å². The van der Waals surface area contributed by atoms with E-state index in [2.05, 4.69) is 0 Å². The smallest absolute Gasteiger partial charge is 0.329 e.